The van der Waals surface area contributed by atoms with Gasteiger partial charge in [-0.25, -0.2) is 9.50 Å². The molecule has 27 heavy (non-hydrogen) atoms. The number of carbonyl (C=O) groups is 1. The highest BCUT2D eigenvalue weighted by Crippen LogP contribution is 2.20. The van der Waals surface area contributed by atoms with Crippen LogP contribution >= 0.6 is 24.8 Å². The highest BCUT2D eigenvalue weighted by molar-refractivity contribution is 5.94. The quantitative estimate of drug-likeness (QED) is 0.697. The summed E-state index contributed by atoms with van der Waals surface area (Å²) < 4.78 is 1.80. The molecule has 8 heteroatoms. The van der Waals surface area contributed by atoms with Crippen LogP contribution in [0.1, 0.15) is 23.2 Å². The molecule has 4 rings (SSSR count). The third-order valence-electron chi connectivity index (χ3n) is 4.73. The summed E-state index contributed by atoms with van der Waals surface area (Å²) in [4.78, 5) is 16.7. The predicted octanol–water partition coefficient (Wildman–Crippen LogP) is 2.97. The normalized spacial score (nSPS) is 14.2. The SMILES string of the molecule is Cl.Cl.O=C(NCC1CCNCC1)c1ccc(-c2cnc3cccnn23)cc1. The Morgan fingerprint density at radius 1 is 1.15 bits per heavy atom. The van der Waals surface area contributed by atoms with Crippen molar-refractivity contribution in [2.24, 2.45) is 5.92 Å². The number of hydrogen-bond acceptors (Lipinski definition) is 4. The van der Waals surface area contributed by atoms with Gasteiger partial charge in [-0.2, -0.15) is 5.10 Å². The largest absolute Gasteiger partial charge is 0.352 e. The molecule has 0 atom stereocenters. The van der Waals surface area contributed by atoms with Crippen LogP contribution in [0.2, 0.25) is 0 Å². The van der Waals surface area contributed by atoms with Crippen LogP contribution in [0.4, 0.5) is 0 Å². The van der Waals surface area contributed by atoms with Gasteiger partial charge in [-0.15, -0.1) is 24.8 Å². The van der Waals surface area contributed by atoms with Crippen LogP contribution in [-0.2, 0) is 0 Å². The Hall–Kier alpha value is -2.15. The molecule has 0 spiro atoms. The molecule has 1 aliphatic rings. The van der Waals surface area contributed by atoms with E-state index in [1.54, 1.807) is 16.9 Å². The highest BCUT2D eigenvalue weighted by Gasteiger charge is 2.15. The van der Waals surface area contributed by atoms with Gasteiger partial charge in [-0.05, 0) is 56.1 Å². The van der Waals surface area contributed by atoms with Crippen molar-refractivity contribution in [3.63, 3.8) is 0 Å². The number of amides is 1. The minimum absolute atomic E-state index is 0. The van der Waals surface area contributed by atoms with E-state index < -0.39 is 0 Å². The van der Waals surface area contributed by atoms with E-state index in [9.17, 15) is 4.79 Å². The molecule has 6 nitrogen and oxygen atoms in total. The molecule has 1 aliphatic heterocycles. The Labute approximate surface area is 170 Å². The summed E-state index contributed by atoms with van der Waals surface area (Å²) in [5, 5.41) is 10.7. The van der Waals surface area contributed by atoms with Crippen LogP contribution in [0, 0.1) is 5.92 Å². The molecule has 3 aromatic rings. The third kappa shape index (κ3) is 4.77. The average molecular weight is 408 g/mol. The second kappa shape index (κ2) is 9.69. The third-order valence-corrected chi connectivity index (χ3v) is 4.73. The van der Waals surface area contributed by atoms with Crippen molar-refractivity contribution in [3.05, 3.63) is 54.4 Å². The standard InChI is InChI=1S/C19H21N5O.2ClH/c25-19(22-12-14-7-10-20-11-8-14)16-5-3-15(4-6-16)17-13-21-18-2-1-9-23-24(17)18;;/h1-6,9,13-14,20H,7-8,10-12H2,(H,22,25);2*1H. The fraction of sp³-hybridized carbons (Fsp3) is 0.316. The number of nitrogens with zero attached hydrogens (tertiary/aromatic N) is 3. The first-order chi connectivity index (χ1) is 12.3. The number of nitrogens with one attached hydrogen (secondary N) is 2. The molecular weight excluding hydrogens is 385 g/mol. The molecule has 1 aromatic carbocycles. The van der Waals surface area contributed by atoms with Crippen LogP contribution in [0.5, 0.6) is 0 Å². The zero-order valence-corrected chi connectivity index (χ0v) is 16.4. The van der Waals surface area contributed by atoms with Gasteiger partial charge < -0.3 is 10.6 Å². The number of aromatic nitrogens is 3. The first-order valence-electron chi connectivity index (χ1n) is 8.69. The monoisotopic (exact) mass is 407 g/mol. The van der Waals surface area contributed by atoms with Crippen LogP contribution in [0.3, 0.4) is 0 Å². The van der Waals surface area contributed by atoms with Gasteiger partial charge in [0, 0.05) is 23.9 Å². The van der Waals surface area contributed by atoms with E-state index >= 15 is 0 Å². The van der Waals surface area contributed by atoms with Crippen molar-refractivity contribution in [2.45, 2.75) is 12.8 Å². The minimum Gasteiger partial charge on any atom is -0.352 e. The maximum Gasteiger partial charge on any atom is 0.251 e. The lowest BCUT2D eigenvalue weighted by Crippen LogP contribution is -2.35. The van der Waals surface area contributed by atoms with Gasteiger partial charge in [0.15, 0.2) is 5.65 Å². The number of rotatable bonds is 4. The van der Waals surface area contributed by atoms with Gasteiger partial charge in [0.25, 0.3) is 5.91 Å². The van der Waals surface area contributed by atoms with E-state index in [0.29, 0.717) is 11.5 Å². The van der Waals surface area contributed by atoms with E-state index in [-0.39, 0.29) is 30.7 Å². The Kier molecular flexibility index (Phi) is 7.59. The number of hydrogen-bond donors (Lipinski definition) is 2. The summed E-state index contributed by atoms with van der Waals surface area (Å²) in [7, 11) is 0. The molecule has 0 aliphatic carbocycles. The van der Waals surface area contributed by atoms with E-state index in [4.69, 9.17) is 0 Å². The molecule has 0 radical (unpaired) electrons. The van der Waals surface area contributed by atoms with Crippen LogP contribution in [-0.4, -0.2) is 40.1 Å². The summed E-state index contributed by atoms with van der Waals surface area (Å²) in [6, 6.07) is 11.4. The zero-order chi connectivity index (χ0) is 17.1. The summed E-state index contributed by atoms with van der Waals surface area (Å²) in [5.74, 6) is 0.565. The van der Waals surface area contributed by atoms with E-state index in [0.717, 1.165) is 49.4 Å². The molecule has 1 amide bonds. The number of carbonyl (C=O) groups excluding carboxylic acids is 1. The number of piperidine rings is 1. The Balaban J connectivity index is 0.00000131. The van der Waals surface area contributed by atoms with Crippen molar-refractivity contribution in [3.8, 4) is 11.3 Å². The first kappa shape index (κ1) is 21.2. The molecule has 0 saturated carbocycles. The smallest absolute Gasteiger partial charge is 0.251 e. The molecule has 0 unspecified atom stereocenters. The van der Waals surface area contributed by atoms with Gasteiger partial charge >= 0.3 is 0 Å². The van der Waals surface area contributed by atoms with Gasteiger partial charge in [0.05, 0.1) is 11.9 Å². The molecular formula is C19H23Cl2N5O. The number of halogens is 2. The van der Waals surface area contributed by atoms with Crippen molar-refractivity contribution in [1.29, 1.82) is 0 Å². The summed E-state index contributed by atoms with van der Waals surface area (Å²) in [6.07, 6.45) is 5.79. The Bertz CT molecular complexity index is 875. The van der Waals surface area contributed by atoms with Gasteiger partial charge in [0.1, 0.15) is 0 Å². The van der Waals surface area contributed by atoms with Gasteiger partial charge in [-0.1, -0.05) is 12.1 Å². The first-order valence-corrected chi connectivity index (χ1v) is 8.69. The molecule has 3 heterocycles. The second-order valence-corrected chi connectivity index (χ2v) is 6.42. The minimum atomic E-state index is -0.0126. The van der Waals surface area contributed by atoms with E-state index in [1.807, 2.05) is 36.4 Å². The summed E-state index contributed by atoms with van der Waals surface area (Å²) >= 11 is 0. The fourth-order valence-corrected chi connectivity index (χ4v) is 3.24. The van der Waals surface area contributed by atoms with Crippen LogP contribution in [0.25, 0.3) is 16.9 Å². The van der Waals surface area contributed by atoms with E-state index in [2.05, 4.69) is 20.7 Å². The highest BCUT2D eigenvalue weighted by atomic mass is 35.5. The van der Waals surface area contributed by atoms with Crippen LogP contribution < -0.4 is 10.6 Å². The average Bonchev–Trinajstić information content (AvgIpc) is 3.11. The van der Waals surface area contributed by atoms with Gasteiger partial charge in [0.2, 0.25) is 0 Å². The molecule has 2 aromatic heterocycles. The Morgan fingerprint density at radius 3 is 2.63 bits per heavy atom. The lowest BCUT2D eigenvalue weighted by molar-refractivity contribution is 0.0944. The van der Waals surface area contributed by atoms with Crippen molar-refractivity contribution < 1.29 is 4.79 Å². The number of imidazole rings is 1. The maximum atomic E-state index is 12.3. The predicted molar refractivity (Wildman–Crippen MR) is 111 cm³/mol. The summed E-state index contributed by atoms with van der Waals surface area (Å²) in [6.45, 7) is 2.84. The zero-order valence-electron chi connectivity index (χ0n) is 14.8. The summed E-state index contributed by atoms with van der Waals surface area (Å²) in [5.41, 5.74) is 3.39. The lowest BCUT2D eigenvalue weighted by Gasteiger charge is -2.22. The topological polar surface area (TPSA) is 71.3 Å². The molecule has 1 fully saturated rings. The fourth-order valence-electron chi connectivity index (χ4n) is 3.24. The van der Waals surface area contributed by atoms with Crippen molar-refractivity contribution in [2.75, 3.05) is 19.6 Å². The van der Waals surface area contributed by atoms with Crippen LogP contribution in [0.15, 0.2) is 48.8 Å². The van der Waals surface area contributed by atoms with Crippen molar-refractivity contribution in [1.82, 2.24) is 25.2 Å². The lowest BCUT2D eigenvalue weighted by atomic mass is 9.98. The number of fused-ring (bicyclic) bond motifs is 1. The van der Waals surface area contributed by atoms with Crippen molar-refractivity contribution >= 4 is 36.4 Å². The Morgan fingerprint density at radius 2 is 1.89 bits per heavy atom. The molecule has 144 valence electrons. The number of benzene rings is 1. The second-order valence-electron chi connectivity index (χ2n) is 6.42. The molecule has 2 N–H and O–H groups in total. The van der Waals surface area contributed by atoms with Gasteiger partial charge in [-0.3, -0.25) is 4.79 Å². The molecule has 1 saturated heterocycles. The maximum absolute atomic E-state index is 12.3. The molecule has 0 bridgehead atoms. The van der Waals surface area contributed by atoms with E-state index in [1.165, 1.54) is 0 Å².